The molecule has 0 radical (unpaired) electrons. The second-order valence-corrected chi connectivity index (χ2v) is 9.87. The molecule has 0 aromatic heterocycles. The zero-order chi connectivity index (χ0) is 21.4. The van der Waals surface area contributed by atoms with E-state index in [9.17, 15) is 0 Å². The van der Waals surface area contributed by atoms with E-state index in [1.165, 1.54) is 135 Å². The maximum Gasteiger partial charge on any atom is 0.00388 e. The van der Waals surface area contributed by atoms with E-state index in [1.54, 1.807) is 0 Å². The molecule has 0 aromatic rings. The van der Waals surface area contributed by atoms with Gasteiger partial charge >= 0.3 is 0 Å². The molecule has 0 rings (SSSR count). The van der Waals surface area contributed by atoms with Gasteiger partial charge in [-0.05, 0) is 44.4 Å². The minimum atomic E-state index is 0.454. The molecule has 1 atom stereocenters. The molecular formula is C28H57N. The third-order valence-corrected chi connectivity index (χ3v) is 6.19. The highest BCUT2D eigenvalue weighted by atomic mass is 14.6. The lowest BCUT2D eigenvalue weighted by Gasteiger charge is -2.11. The number of allylic oxidation sites excluding steroid dienone is 2. The molecule has 1 nitrogen and oxygen atoms in total. The third kappa shape index (κ3) is 25.7. The van der Waals surface area contributed by atoms with E-state index in [2.05, 4.69) is 32.9 Å². The minimum Gasteiger partial charge on any atom is -0.328 e. The van der Waals surface area contributed by atoms with Crippen molar-refractivity contribution in [2.45, 2.75) is 162 Å². The quantitative estimate of drug-likeness (QED) is 0.132. The van der Waals surface area contributed by atoms with E-state index in [0.29, 0.717) is 6.04 Å². The summed E-state index contributed by atoms with van der Waals surface area (Å²) in [5.74, 6) is 0.870. The minimum absolute atomic E-state index is 0.454. The van der Waals surface area contributed by atoms with Gasteiger partial charge in [0.1, 0.15) is 0 Å². The topological polar surface area (TPSA) is 26.0 Å². The Balaban J connectivity index is 3.20. The van der Waals surface area contributed by atoms with Crippen LogP contribution in [0.1, 0.15) is 156 Å². The van der Waals surface area contributed by atoms with Crippen LogP contribution in [0.4, 0.5) is 0 Å². The summed E-state index contributed by atoms with van der Waals surface area (Å²) in [6, 6.07) is 0.454. The van der Waals surface area contributed by atoms with Crippen LogP contribution < -0.4 is 5.73 Å². The van der Waals surface area contributed by atoms with Crippen LogP contribution in [0.3, 0.4) is 0 Å². The Morgan fingerprint density at radius 2 is 0.897 bits per heavy atom. The molecular weight excluding hydrogens is 350 g/mol. The highest BCUT2D eigenvalue weighted by Crippen LogP contribution is 2.14. The van der Waals surface area contributed by atoms with Crippen molar-refractivity contribution < 1.29 is 0 Å². The highest BCUT2D eigenvalue weighted by Gasteiger charge is 2.02. The van der Waals surface area contributed by atoms with Gasteiger partial charge in [-0.2, -0.15) is 0 Å². The zero-order valence-electron chi connectivity index (χ0n) is 20.7. The first-order valence-electron chi connectivity index (χ1n) is 13.6. The van der Waals surface area contributed by atoms with E-state index < -0.39 is 0 Å². The molecule has 1 heteroatoms. The third-order valence-electron chi connectivity index (χ3n) is 6.19. The second kappa shape index (κ2) is 24.0. The van der Waals surface area contributed by atoms with Crippen molar-refractivity contribution >= 4 is 0 Å². The molecule has 0 saturated carbocycles. The summed E-state index contributed by atoms with van der Waals surface area (Å²) in [6.45, 7) is 6.94. The Morgan fingerprint density at radius 3 is 1.34 bits per heavy atom. The van der Waals surface area contributed by atoms with Crippen molar-refractivity contribution in [3.63, 3.8) is 0 Å². The molecule has 0 amide bonds. The Bertz CT molecular complexity index is 320. The smallest absolute Gasteiger partial charge is 0.00388 e. The van der Waals surface area contributed by atoms with Gasteiger partial charge in [0.2, 0.25) is 0 Å². The fraction of sp³-hybridized carbons (Fsp3) is 0.929. The van der Waals surface area contributed by atoms with Crippen molar-refractivity contribution in [1.29, 1.82) is 0 Å². The van der Waals surface area contributed by atoms with E-state index in [1.807, 2.05) is 0 Å². The molecule has 0 aliphatic rings. The van der Waals surface area contributed by atoms with Crippen LogP contribution in [-0.4, -0.2) is 6.04 Å². The van der Waals surface area contributed by atoms with E-state index in [4.69, 9.17) is 5.73 Å². The van der Waals surface area contributed by atoms with Gasteiger partial charge in [-0.3, -0.25) is 0 Å². The number of unbranched alkanes of at least 4 members (excludes halogenated alkanes) is 15. The van der Waals surface area contributed by atoms with Crippen LogP contribution in [0.2, 0.25) is 0 Å². The SMILES string of the molecule is CCCCCCCCC=CCCCCCCCC(N)CCCCCCCC(C)C. The average Bonchev–Trinajstić information content (AvgIpc) is 2.70. The predicted molar refractivity (Wildman–Crippen MR) is 135 cm³/mol. The summed E-state index contributed by atoms with van der Waals surface area (Å²) in [7, 11) is 0. The first-order valence-corrected chi connectivity index (χ1v) is 13.6. The molecule has 0 aliphatic heterocycles. The fourth-order valence-corrected chi connectivity index (χ4v) is 4.11. The van der Waals surface area contributed by atoms with E-state index >= 15 is 0 Å². The van der Waals surface area contributed by atoms with Gasteiger partial charge in [0.25, 0.3) is 0 Å². The van der Waals surface area contributed by atoms with Crippen LogP contribution in [0.5, 0.6) is 0 Å². The van der Waals surface area contributed by atoms with Crippen LogP contribution in [-0.2, 0) is 0 Å². The molecule has 0 aromatic carbocycles. The summed E-state index contributed by atoms with van der Waals surface area (Å²) in [5, 5.41) is 0. The number of hydrogen-bond acceptors (Lipinski definition) is 1. The molecule has 0 spiro atoms. The fourth-order valence-electron chi connectivity index (χ4n) is 4.11. The molecule has 2 N–H and O–H groups in total. The lowest BCUT2D eigenvalue weighted by Crippen LogP contribution is -2.19. The van der Waals surface area contributed by atoms with Crippen molar-refractivity contribution in [3.8, 4) is 0 Å². The Hall–Kier alpha value is -0.300. The highest BCUT2D eigenvalue weighted by molar-refractivity contribution is 4.81. The van der Waals surface area contributed by atoms with Crippen LogP contribution in [0, 0.1) is 5.92 Å². The van der Waals surface area contributed by atoms with Crippen molar-refractivity contribution in [2.24, 2.45) is 11.7 Å². The number of rotatable bonds is 23. The standard InChI is InChI=1S/C28H57N/c1-4-5-6-7-8-9-10-11-12-13-14-15-16-19-22-25-28(29)26-23-20-17-18-21-24-27(2)3/h11-12,27-28H,4-10,13-26,29H2,1-3H3. The molecule has 0 fully saturated rings. The summed E-state index contributed by atoms with van der Waals surface area (Å²) in [5.41, 5.74) is 6.30. The van der Waals surface area contributed by atoms with Gasteiger partial charge in [-0.15, -0.1) is 0 Å². The van der Waals surface area contributed by atoms with Gasteiger partial charge in [0.15, 0.2) is 0 Å². The molecule has 0 saturated heterocycles. The summed E-state index contributed by atoms with van der Waals surface area (Å²) < 4.78 is 0. The summed E-state index contributed by atoms with van der Waals surface area (Å²) in [4.78, 5) is 0. The second-order valence-electron chi connectivity index (χ2n) is 9.87. The van der Waals surface area contributed by atoms with Gasteiger partial charge < -0.3 is 5.73 Å². The maximum absolute atomic E-state index is 6.30. The summed E-state index contributed by atoms with van der Waals surface area (Å²) in [6.07, 6.45) is 33.6. The molecule has 0 bridgehead atoms. The molecule has 1 unspecified atom stereocenters. The van der Waals surface area contributed by atoms with Crippen molar-refractivity contribution in [1.82, 2.24) is 0 Å². The average molecular weight is 408 g/mol. The van der Waals surface area contributed by atoms with Gasteiger partial charge in [0, 0.05) is 6.04 Å². The van der Waals surface area contributed by atoms with Crippen LogP contribution >= 0.6 is 0 Å². The Labute approximate surface area is 185 Å². The lowest BCUT2D eigenvalue weighted by atomic mass is 10.00. The van der Waals surface area contributed by atoms with Crippen LogP contribution in [0.25, 0.3) is 0 Å². The first kappa shape index (κ1) is 28.7. The normalized spacial score (nSPS) is 13.0. The molecule has 0 aliphatic carbocycles. The van der Waals surface area contributed by atoms with Gasteiger partial charge in [0.05, 0.1) is 0 Å². The maximum atomic E-state index is 6.30. The van der Waals surface area contributed by atoms with Gasteiger partial charge in [-0.25, -0.2) is 0 Å². The lowest BCUT2D eigenvalue weighted by molar-refractivity contribution is 0.475. The van der Waals surface area contributed by atoms with Crippen LogP contribution in [0.15, 0.2) is 12.2 Å². The predicted octanol–water partition coefficient (Wildman–Crippen LogP) is 9.74. The monoisotopic (exact) mass is 407 g/mol. The molecule has 29 heavy (non-hydrogen) atoms. The zero-order valence-corrected chi connectivity index (χ0v) is 20.7. The molecule has 0 heterocycles. The largest absolute Gasteiger partial charge is 0.328 e. The van der Waals surface area contributed by atoms with E-state index in [0.717, 1.165) is 5.92 Å². The van der Waals surface area contributed by atoms with Crippen molar-refractivity contribution in [3.05, 3.63) is 12.2 Å². The van der Waals surface area contributed by atoms with Gasteiger partial charge in [-0.1, -0.05) is 129 Å². The van der Waals surface area contributed by atoms with E-state index in [-0.39, 0.29) is 0 Å². The van der Waals surface area contributed by atoms with Crippen molar-refractivity contribution in [2.75, 3.05) is 0 Å². The Morgan fingerprint density at radius 1 is 0.517 bits per heavy atom. The summed E-state index contributed by atoms with van der Waals surface area (Å²) >= 11 is 0. The first-order chi connectivity index (χ1) is 14.2. The Kier molecular flexibility index (Phi) is 23.7. The molecule has 174 valence electrons. The number of hydrogen-bond donors (Lipinski definition) is 1. The number of nitrogens with two attached hydrogens (primary N) is 1.